The lowest BCUT2D eigenvalue weighted by atomic mass is 10.0. The van der Waals surface area contributed by atoms with Crippen LogP contribution in [0.15, 0.2) is 59.5 Å². The molecular formula is C16H11NO3. The SMILES string of the molecule is O=C(O)c1c[nH]c2ccc(-c3ccccc3)cc2c1=O. The van der Waals surface area contributed by atoms with Crippen LogP contribution in [0.1, 0.15) is 10.4 Å². The number of aromatic nitrogens is 1. The van der Waals surface area contributed by atoms with Crippen LogP contribution in [0.4, 0.5) is 0 Å². The van der Waals surface area contributed by atoms with E-state index in [0.717, 1.165) is 11.1 Å². The molecule has 0 bridgehead atoms. The first-order valence-corrected chi connectivity index (χ1v) is 6.11. The van der Waals surface area contributed by atoms with Gasteiger partial charge in [0.05, 0.1) is 0 Å². The van der Waals surface area contributed by atoms with Crippen molar-refractivity contribution in [2.45, 2.75) is 0 Å². The number of carboxylic acids is 1. The highest BCUT2D eigenvalue weighted by molar-refractivity contribution is 5.93. The Kier molecular flexibility index (Phi) is 2.84. The van der Waals surface area contributed by atoms with Crippen molar-refractivity contribution < 1.29 is 9.90 Å². The molecule has 0 amide bonds. The number of rotatable bonds is 2. The molecule has 2 aromatic carbocycles. The Morgan fingerprint density at radius 3 is 2.45 bits per heavy atom. The number of carboxylic acid groups (broad SMARTS) is 1. The van der Waals surface area contributed by atoms with Crippen molar-refractivity contribution in [3.05, 3.63) is 70.5 Å². The Labute approximate surface area is 114 Å². The van der Waals surface area contributed by atoms with Gasteiger partial charge in [0, 0.05) is 17.1 Å². The van der Waals surface area contributed by atoms with Crippen molar-refractivity contribution in [2.24, 2.45) is 0 Å². The van der Waals surface area contributed by atoms with Gasteiger partial charge in [-0.25, -0.2) is 4.79 Å². The van der Waals surface area contributed by atoms with Gasteiger partial charge in [0.2, 0.25) is 5.43 Å². The summed E-state index contributed by atoms with van der Waals surface area (Å²) in [5.74, 6) is -1.22. The van der Waals surface area contributed by atoms with Crippen LogP contribution in [0, 0.1) is 0 Å². The first-order chi connectivity index (χ1) is 9.66. The Balaban J connectivity index is 2.27. The molecule has 0 fully saturated rings. The molecule has 1 heterocycles. The van der Waals surface area contributed by atoms with Crippen molar-refractivity contribution in [2.75, 3.05) is 0 Å². The summed E-state index contributed by atoms with van der Waals surface area (Å²) in [7, 11) is 0. The van der Waals surface area contributed by atoms with Gasteiger partial charge in [0.25, 0.3) is 0 Å². The van der Waals surface area contributed by atoms with Crippen molar-refractivity contribution >= 4 is 16.9 Å². The van der Waals surface area contributed by atoms with E-state index in [1.807, 2.05) is 36.4 Å². The van der Waals surface area contributed by atoms with E-state index in [0.29, 0.717) is 10.9 Å². The van der Waals surface area contributed by atoms with Crippen LogP contribution >= 0.6 is 0 Å². The molecule has 4 nitrogen and oxygen atoms in total. The summed E-state index contributed by atoms with van der Waals surface area (Å²) in [6.07, 6.45) is 1.23. The first-order valence-electron chi connectivity index (χ1n) is 6.11. The molecule has 20 heavy (non-hydrogen) atoms. The summed E-state index contributed by atoms with van der Waals surface area (Å²) in [6, 6.07) is 15.0. The lowest BCUT2D eigenvalue weighted by Crippen LogP contribution is -2.15. The predicted molar refractivity (Wildman–Crippen MR) is 77.0 cm³/mol. The zero-order chi connectivity index (χ0) is 14.1. The summed E-state index contributed by atoms with van der Waals surface area (Å²) < 4.78 is 0. The second kappa shape index (κ2) is 4.66. The molecule has 0 unspecified atom stereocenters. The molecule has 3 aromatic rings. The van der Waals surface area contributed by atoms with Gasteiger partial charge >= 0.3 is 5.97 Å². The molecule has 0 aliphatic heterocycles. The molecule has 4 heteroatoms. The molecule has 0 radical (unpaired) electrons. The molecule has 0 spiro atoms. The van der Waals surface area contributed by atoms with Crippen molar-refractivity contribution in [1.29, 1.82) is 0 Å². The molecule has 0 saturated carbocycles. The average Bonchev–Trinajstić information content (AvgIpc) is 2.48. The van der Waals surface area contributed by atoms with Crippen LogP contribution < -0.4 is 5.43 Å². The van der Waals surface area contributed by atoms with Gasteiger partial charge < -0.3 is 10.1 Å². The van der Waals surface area contributed by atoms with Crippen molar-refractivity contribution in [1.82, 2.24) is 4.98 Å². The number of fused-ring (bicyclic) bond motifs is 1. The zero-order valence-electron chi connectivity index (χ0n) is 10.5. The second-order valence-electron chi connectivity index (χ2n) is 4.46. The van der Waals surface area contributed by atoms with E-state index in [2.05, 4.69) is 4.98 Å². The highest BCUT2D eigenvalue weighted by Gasteiger charge is 2.11. The van der Waals surface area contributed by atoms with Crippen LogP contribution in [0.25, 0.3) is 22.0 Å². The third kappa shape index (κ3) is 1.97. The normalized spacial score (nSPS) is 10.6. The van der Waals surface area contributed by atoms with Crippen LogP contribution in [0.3, 0.4) is 0 Å². The maximum absolute atomic E-state index is 12.2. The summed E-state index contributed by atoms with van der Waals surface area (Å²) in [5.41, 5.74) is 1.77. The number of aromatic carboxylic acids is 1. The monoisotopic (exact) mass is 265 g/mol. The highest BCUT2D eigenvalue weighted by Crippen LogP contribution is 2.22. The van der Waals surface area contributed by atoms with Gasteiger partial charge in [-0.1, -0.05) is 36.4 Å². The molecule has 0 aliphatic rings. The zero-order valence-corrected chi connectivity index (χ0v) is 10.5. The quantitative estimate of drug-likeness (QED) is 0.748. The topological polar surface area (TPSA) is 70.2 Å². The van der Waals surface area contributed by atoms with Gasteiger partial charge in [0.1, 0.15) is 5.56 Å². The number of hydrogen-bond acceptors (Lipinski definition) is 2. The summed E-state index contributed by atoms with van der Waals surface area (Å²) in [4.78, 5) is 26.0. The van der Waals surface area contributed by atoms with E-state index in [-0.39, 0.29) is 5.56 Å². The lowest BCUT2D eigenvalue weighted by molar-refractivity contribution is 0.0695. The largest absolute Gasteiger partial charge is 0.477 e. The van der Waals surface area contributed by atoms with E-state index >= 15 is 0 Å². The number of nitrogens with one attached hydrogen (secondary N) is 1. The number of aromatic amines is 1. The van der Waals surface area contributed by atoms with E-state index in [1.165, 1.54) is 6.20 Å². The van der Waals surface area contributed by atoms with Gasteiger partial charge in [-0.05, 0) is 23.3 Å². The molecule has 1 aromatic heterocycles. The van der Waals surface area contributed by atoms with Crippen molar-refractivity contribution in [3.8, 4) is 11.1 Å². The minimum atomic E-state index is -1.22. The summed E-state index contributed by atoms with van der Waals surface area (Å²) in [5, 5.41) is 9.37. The van der Waals surface area contributed by atoms with Gasteiger partial charge in [-0.15, -0.1) is 0 Å². The van der Waals surface area contributed by atoms with Gasteiger partial charge in [-0.2, -0.15) is 0 Å². The molecule has 0 aliphatic carbocycles. The Bertz CT molecular complexity index is 850. The summed E-state index contributed by atoms with van der Waals surface area (Å²) >= 11 is 0. The van der Waals surface area contributed by atoms with E-state index in [4.69, 9.17) is 5.11 Å². The number of benzene rings is 2. The fourth-order valence-corrected chi connectivity index (χ4v) is 2.19. The molecule has 98 valence electrons. The Morgan fingerprint density at radius 1 is 1.00 bits per heavy atom. The molecule has 0 saturated heterocycles. The third-order valence-electron chi connectivity index (χ3n) is 3.22. The van der Waals surface area contributed by atoms with E-state index in [1.54, 1.807) is 12.1 Å². The fourth-order valence-electron chi connectivity index (χ4n) is 2.19. The second-order valence-corrected chi connectivity index (χ2v) is 4.46. The minimum absolute atomic E-state index is 0.247. The van der Waals surface area contributed by atoms with Crippen molar-refractivity contribution in [3.63, 3.8) is 0 Å². The minimum Gasteiger partial charge on any atom is -0.477 e. The third-order valence-corrected chi connectivity index (χ3v) is 3.22. The van der Waals surface area contributed by atoms with Crippen LogP contribution in [-0.4, -0.2) is 16.1 Å². The number of pyridine rings is 1. The van der Waals surface area contributed by atoms with Gasteiger partial charge in [-0.3, -0.25) is 4.79 Å². The molecule has 2 N–H and O–H groups in total. The number of carbonyl (C=O) groups is 1. The molecule has 0 atom stereocenters. The van der Waals surface area contributed by atoms with Gasteiger partial charge in [0.15, 0.2) is 0 Å². The Morgan fingerprint density at radius 2 is 1.75 bits per heavy atom. The highest BCUT2D eigenvalue weighted by atomic mass is 16.4. The maximum atomic E-state index is 12.2. The first kappa shape index (κ1) is 12.2. The van der Waals surface area contributed by atoms with E-state index < -0.39 is 11.4 Å². The molecule has 3 rings (SSSR count). The average molecular weight is 265 g/mol. The molecular weight excluding hydrogens is 254 g/mol. The maximum Gasteiger partial charge on any atom is 0.341 e. The van der Waals surface area contributed by atoms with E-state index in [9.17, 15) is 9.59 Å². The van der Waals surface area contributed by atoms with Crippen LogP contribution in [0.5, 0.6) is 0 Å². The fraction of sp³-hybridized carbons (Fsp3) is 0. The van der Waals surface area contributed by atoms with Crippen LogP contribution in [0.2, 0.25) is 0 Å². The van der Waals surface area contributed by atoms with Crippen LogP contribution in [-0.2, 0) is 0 Å². The summed E-state index contributed by atoms with van der Waals surface area (Å²) in [6.45, 7) is 0. The smallest absolute Gasteiger partial charge is 0.341 e. The number of H-pyrrole nitrogens is 1. The predicted octanol–water partition coefficient (Wildman–Crippen LogP) is 2.89. The standard InChI is InChI=1S/C16H11NO3/c18-15-12-8-11(10-4-2-1-3-5-10)6-7-14(12)17-9-13(15)16(19)20/h1-9H,(H,17,18)(H,19,20). The number of hydrogen-bond donors (Lipinski definition) is 2. The lowest BCUT2D eigenvalue weighted by Gasteiger charge is -2.04. The Hall–Kier alpha value is -2.88.